The topological polar surface area (TPSA) is 54.9 Å². The molecule has 18 heavy (non-hydrogen) atoms. The van der Waals surface area contributed by atoms with Gasteiger partial charge in [-0.1, -0.05) is 43.5 Å². The number of anilines is 1. The summed E-state index contributed by atoms with van der Waals surface area (Å²) < 4.78 is 1.60. The van der Waals surface area contributed by atoms with Crippen LogP contribution >= 0.6 is 43.5 Å². The Morgan fingerprint density at radius 1 is 1.22 bits per heavy atom. The number of carbonyl (C=O) groups is 1. The molecular formula is C11H6Br2ClN3O. The highest BCUT2D eigenvalue weighted by Crippen LogP contribution is 2.20. The lowest BCUT2D eigenvalue weighted by Gasteiger charge is -2.04. The minimum Gasteiger partial charge on any atom is -0.290 e. The van der Waals surface area contributed by atoms with Gasteiger partial charge in [-0.2, -0.15) is 0 Å². The molecule has 0 bridgehead atoms. The average Bonchev–Trinajstić information content (AvgIpc) is 2.27. The van der Waals surface area contributed by atoms with Gasteiger partial charge in [-0.3, -0.25) is 10.1 Å². The third kappa shape index (κ3) is 3.51. The summed E-state index contributed by atoms with van der Waals surface area (Å²) in [7, 11) is 0. The summed E-state index contributed by atoms with van der Waals surface area (Å²) in [5, 5.41) is 2.84. The van der Waals surface area contributed by atoms with Gasteiger partial charge in [0.15, 0.2) is 0 Å². The van der Waals surface area contributed by atoms with E-state index >= 15 is 0 Å². The highest BCUT2D eigenvalue weighted by atomic mass is 79.9. The van der Waals surface area contributed by atoms with Gasteiger partial charge in [0.1, 0.15) is 5.15 Å². The number of amides is 1. The van der Waals surface area contributed by atoms with Crippen LogP contribution in [0.5, 0.6) is 0 Å². The first kappa shape index (κ1) is 13.5. The lowest BCUT2D eigenvalue weighted by molar-refractivity contribution is 0.102. The van der Waals surface area contributed by atoms with Gasteiger partial charge in [0.2, 0.25) is 5.95 Å². The number of nitrogens with one attached hydrogen (secondary N) is 1. The summed E-state index contributed by atoms with van der Waals surface area (Å²) in [6, 6.07) is 6.77. The zero-order valence-electron chi connectivity index (χ0n) is 8.82. The summed E-state index contributed by atoms with van der Waals surface area (Å²) in [5.74, 6) is -0.136. The fourth-order valence-corrected chi connectivity index (χ4v) is 2.69. The fraction of sp³-hybridized carbons (Fsp3) is 0. The SMILES string of the molecule is O=C(Nc1nccc(Cl)n1)c1cc(Br)cc(Br)c1. The predicted octanol–water partition coefficient (Wildman–Crippen LogP) is 3.91. The highest BCUT2D eigenvalue weighted by Gasteiger charge is 2.09. The van der Waals surface area contributed by atoms with Crippen LogP contribution in [0, 0.1) is 0 Å². The van der Waals surface area contributed by atoms with Gasteiger partial charge >= 0.3 is 0 Å². The molecule has 4 nitrogen and oxygen atoms in total. The largest absolute Gasteiger partial charge is 0.290 e. The number of benzene rings is 1. The molecule has 0 aliphatic heterocycles. The van der Waals surface area contributed by atoms with Crippen molar-refractivity contribution in [3.8, 4) is 0 Å². The molecule has 1 aromatic heterocycles. The van der Waals surface area contributed by atoms with Crippen LogP contribution in [0.15, 0.2) is 39.4 Å². The number of nitrogens with zero attached hydrogens (tertiary/aromatic N) is 2. The van der Waals surface area contributed by atoms with E-state index in [9.17, 15) is 4.79 Å². The Bertz CT molecular complexity index is 586. The molecule has 1 N–H and O–H groups in total. The molecule has 0 unspecified atom stereocenters. The number of halogens is 3. The lowest BCUT2D eigenvalue weighted by atomic mass is 10.2. The molecule has 0 saturated carbocycles. The quantitative estimate of drug-likeness (QED) is 0.790. The van der Waals surface area contributed by atoms with Crippen LogP contribution in [0.25, 0.3) is 0 Å². The first-order valence-electron chi connectivity index (χ1n) is 4.80. The van der Waals surface area contributed by atoms with Gasteiger partial charge in [0, 0.05) is 20.7 Å². The molecule has 0 aliphatic rings. The van der Waals surface area contributed by atoms with Crippen molar-refractivity contribution in [1.29, 1.82) is 0 Å². The van der Waals surface area contributed by atoms with E-state index in [0.29, 0.717) is 5.56 Å². The number of aromatic nitrogens is 2. The molecule has 92 valence electrons. The van der Waals surface area contributed by atoms with Gasteiger partial charge in [-0.25, -0.2) is 9.97 Å². The van der Waals surface area contributed by atoms with Gasteiger partial charge in [-0.05, 0) is 24.3 Å². The minimum absolute atomic E-state index is 0.170. The molecule has 0 aliphatic carbocycles. The molecule has 0 radical (unpaired) electrons. The van der Waals surface area contributed by atoms with E-state index < -0.39 is 0 Å². The Morgan fingerprint density at radius 3 is 2.50 bits per heavy atom. The lowest BCUT2D eigenvalue weighted by Crippen LogP contribution is -2.14. The molecule has 0 spiro atoms. The van der Waals surface area contributed by atoms with Crippen molar-refractivity contribution in [2.24, 2.45) is 0 Å². The molecule has 0 fully saturated rings. The second-order valence-corrected chi connectivity index (χ2v) is 5.53. The zero-order chi connectivity index (χ0) is 13.1. The Kier molecular flexibility index (Phi) is 4.31. The van der Waals surface area contributed by atoms with Crippen LogP contribution in [0.2, 0.25) is 5.15 Å². The Hall–Kier alpha value is -0.980. The van der Waals surface area contributed by atoms with Crippen molar-refractivity contribution in [2.45, 2.75) is 0 Å². The Labute approximate surface area is 125 Å². The highest BCUT2D eigenvalue weighted by molar-refractivity contribution is 9.11. The molecular weight excluding hydrogens is 385 g/mol. The van der Waals surface area contributed by atoms with Gasteiger partial charge in [-0.15, -0.1) is 0 Å². The average molecular weight is 391 g/mol. The molecule has 2 rings (SSSR count). The molecule has 1 heterocycles. The fourth-order valence-electron chi connectivity index (χ4n) is 1.26. The van der Waals surface area contributed by atoms with Crippen LogP contribution in [-0.4, -0.2) is 15.9 Å². The second kappa shape index (κ2) is 5.77. The monoisotopic (exact) mass is 389 g/mol. The number of carbonyl (C=O) groups excluding carboxylic acids is 1. The maximum absolute atomic E-state index is 12.0. The number of hydrogen-bond acceptors (Lipinski definition) is 3. The van der Waals surface area contributed by atoms with Gasteiger partial charge in [0.25, 0.3) is 5.91 Å². The second-order valence-electron chi connectivity index (χ2n) is 3.32. The number of rotatable bonds is 2. The van der Waals surface area contributed by atoms with Crippen molar-refractivity contribution in [1.82, 2.24) is 9.97 Å². The molecule has 0 atom stereocenters. The van der Waals surface area contributed by atoms with E-state index in [1.54, 1.807) is 12.1 Å². The summed E-state index contributed by atoms with van der Waals surface area (Å²) in [5.41, 5.74) is 0.486. The van der Waals surface area contributed by atoms with Crippen molar-refractivity contribution in [3.05, 3.63) is 50.1 Å². The number of hydrogen-bond donors (Lipinski definition) is 1. The third-order valence-electron chi connectivity index (χ3n) is 1.97. The molecule has 7 heteroatoms. The van der Waals surface area contributed by atoms with Crippen LogP contribution in [0.4, 0.5) is 5.95 Å². The van der Waals surface area contributed by atoms with Gasteiger partial charge < -0.3 is 0 Å². The van der Waals surface area contributed by atoms with E-state index in [2.05, 4.69) is 47.1 Å². The molecule has 2 aromatic rings. The summed E-state index contributed by atoms with van der Waals surface area (Å²) >= 11 is 12.3. The molecule has 1 aromatic carbocycles. The van der Waals surface area contributed by atoms with Crippen molar-refractivity contribution in [2.75, 3.05) is 5.32 Å². The van der Waals surface area contributed by atoms with E-state index in [-0.39, 0.29) is 17.0 Å². The molecule has 1 amide bonds. The minimum atomic E-state index is -0.306. The Morgan fingerprint density at radius 2 is 1.89 bits per heavy atom. The van der Waals surface area contributed by atoms with Crippen molar-refractivity contribution in [3.63, 3.8) is 0 Å². The summed E-state index contributed by atoms with van der Waals surface area (Å²) in [6.45, 7) is 0. The van der Waals surface area contributed by atoms with Crippen LogP contribution in [0.1, 0.15) is 10.4 Å². The predicted molar refractivity (Wildman–Crippen MR) is 76.8 cm³/mol. The van der Waals surface area contributed by atoms with Crippen molar-refractivity contribution >= 4 is 55.3 Å². The third-order valence-corrected chi connectivity index (χ3v) is 3.10. The first-order chi connectivity index (χ1) is 8.54. The Balaban J connectivity index is 2.22. The van der Waals surface area contributed by atoms with E-state index in [0.717, 1.165) is 8.95 Å². The van der Waals surface area contributed by atoms with Crippen LogP contribution in [-0.2, 0) is 0 Å². The standard InChI is InChI=1S/C11H6Br2ClN3O/c12-7-3-6(4-8(13)5-7)10(18)17-11-15-2-1-9(14)16-11/h1-5H,(H,15,16,17,18). The maximum Gasteiger partial charge on any atom is 0.258 e. The van der Waals surface area contributed by atoms with E-state index in [1.807, 2.05) is 6.07 Å². The normalized spacial score (nSPS) is 10.2. The molecule has 0 saturated heterocycles. The van der Waals surface area contributed by atoms with Gasteiger partial charge in [0.05, 0.1) is 0 Å². The van der Waals surface area contributed by atoms with E-state index in [4.69, 9.17) is 11.6 Å². The summed E-state index contributed by atoms with van der Waals surface area (Å²) in [4.78, 5) is 19.7. The van der Waals surface area contributed by atoms with Crippen molar-refractivity contribution < 1.29 is 4.79 Å². The zero-order valence-corrected chi connectivity index (χ0v) is 12.8. The van der Waals surface area contributed by atoms with Crippen LogP contribution in [0.3, 0.4) is 0 Å². The maximum atomic E-state index is 12.0. The smallest absolute Gasteiger partial charge is 0.258 e. The first-order valence-corrected chi connectivity index (χ1v) is 6.77. The summed E-state index contributed by atoms with van der Waals surface area (Å²) in [6.07, 6.45) is 1.47. The van der Waals surface area contributed by atoms with Crippen LogP contribution < -0.4 is 5.32 Å². The van der Waals surface area contributed by atoms with E-state index in [1.165, 1.54) is 12.3 Å².